The van der Waals surface area contributed by atoms with Crippen LogP contribution in [0.4, 0.5) is 0 Å². The Bertz CT molecular complexity index is 965. The third kappa shape index (κ3) is 3.04. The Morgan fingerprint density at radius 3 is 2.61 bits per heavy atom. The summed E-state index contributed by atoms with van der Waals surface area (Å²) in [7, 11) is 0. The van der Waals surface area contributed by atoms with Crippen LogP contribution in [-0.2, 0) is 12.8 Å². The third-order valence-electron chi connectivity index (χ3n) is 3.61. The molecule has 0 aliphatic rings. The van der Waals surface area contributed by atoms with Crippen molar-refractivity contribution in [3.63, 3.8) is 0 Å². The molecule has 3 aromatic rings. The Labute approximate surface area is 131 Å². The highest BCUT2D eigenvalue weighted by atomic mass is 16.4. The SMILES string of the molecule is CCCc1cc(=O)c2c(Cc3ccc(O)c(=O)o3)cccc2o1. The largest absolute Gasteiger partial charge is 0.502 e. The Hall–Kier alpha value is -2.82. The lowest BCUT2D eigenvalue weighted by atomic mass is 10.0. The highest BCUT2D eigenvalue weighted by molar-refractivity contribution is 5.80. The van der Waals surface area contributed by atoms with Gasteiger partial charge in [0.15, 0.2) is 5.43 Å². The van der Waals surface area contributed by atoms with Crippen LogP contribution in [0.5, 0.6) is 5.75 Å². The lowest BCUT2D eigenvalue weighted by Crippen LogP contribution is -2.07. The molecular weight excluding hydrogens is 296 g/mol. The summed E-state index contributed by atoms with van der Waals surface area (Å²) < 4.78 is 10.8. The average molecular weight is 312 g/mol. The summed E-state index contributed by atoms with van der Waals surface area (Å²) >= 11 is 0. The Balaban J connectivity index is 2.09. The molecule has 0 spiro atoms. The second-order valence-corrected chi connectivity index (χ2v) is 5.37. The van der Waals surface area contributed by atoms with Crippen molar-refractivity contribution in [1.29, 1.82) is 0 Å². The molecule has 0 aliphatic carbocycles. The van der Waals surface area contributed by atoms with E-state index in [2.05, 4.69) is 0 Å². The van der Waals surface area contributed by atoms with Gasteiger partial charge in [0, 0.05) is 18.9 Å². The highest BCUT2D eigenvalue weighted by Gasteiger charge is 2.11. The first-order chi connectivity index (χ1) is 11.1. The van der Waals surface area contributed by atoms with Gasteiger partial charge in [-0.1, -0.05) is 19.1 Å². The molecule has 0 fully saturated rings. The molecule has 2 aromatic heterocycles. The average Bonchev–Trinajstić information content (AvgIpc) is 2.51. The van der Waals surface area contributed by atoms with Gasteiger partial charge in [-0.15, -0.1) is 0 Å². The van der Waals surface area contributed by atoms with Crippen LogP contribution in [0.1, 0.15) is 30.4 Å². The van der Waals surface area contributed by atoms with Crippen LogP contribution >= 0.6 is 0 Å². The van der Waals surface area contributed by atoms with Crippen LogP contribution in [0.25, 0.3) is 11.0 Å². The van der Waals surface area contributed by atoms with Crippen molar-refractivity contribution in [1.82, 2.24) is 0 Å². The van der Waals surface area contributed by atoms with E-state index in [-0.39, 0.29) is 11.8 Å². The number of fused-ring (bicyclic) bond motifs is 1. The zero-order valence-electron chi connectivity index (χ0n) is 12.7. The Morgan fingerprint density at radius 1 is 1.04 bits per heavy atom. The van der Waals surface area contributed by atoms with Gasteiger partial charge in [-0.3, -0.25) is 4.79 Å². The second-order valence-electron chi connectivity index (χ2n) is 5.37. The maximum atomic E-state index is 12.4. The standard InChI is InChI=1S/C18H16O5/c1-2-4-12-10-15(20)17-11(5-3-6-16(17)22-12)9-13-7-8-14(19)18(21)23-13/h3,5-8,10,19H,2,4,9H2,1H3. The van der Waals surface area contributed by atoms with Crippen LogP contribution in [0.15, 0.2) is 54.8 Å². The van der Waals surface area contributed by atoms with Gasteiger partial charge >= 0.3 is 5.63 Å². The van der Waals surface area contributed by atoms with Gasteiger partial charge in [0.05, 0.1) is 5.39 Å². The van der Waals surface area contributed by atoms with Crippen LogP contribution in [-0.4, -0.2) is 5.11 Å². The van der Waals surface area contributed by atoms with Gasteiger partial charge < -0.3 is 13.9 Å². The van der Waals surface area contributed by atoms with E-state index in [4.69, 9.17) is 8.83 Å². The van der Waals surface area contributed by atoms with Crippen molar-refractivity contribution in [2.45, 2.75) is 26.2 Å². The van der Waals surface area contributed by atoms with E-state index in [1.165, 1.54) is 18.2 Å². The monoisotopic (exact) mass is 312 g/mol. The number of aryl methyl sites for hydroxylation is 1. The minimum absolute atomic E-state index is 0.105. The van der Waals surface area contributed by atoms with Crippen molar-refractivity contribution in [2.75, 3.05) is 0 Å². The molecule has 23 heavy (non-hydrogen) atoms. The lowest BCUT2D eigenvalue weighted by molar-refractivity contribution is 0.396. The summed E-state index contributed by atoms with van der Waals surface area (Å²) in [4.78, 5) is 23.8. The predicted molar refractivity (Wildman–Crippen MR) is 85.9 cm³/mol. The molecule has 118 valence electrons. The van der Waals surface area contributed by atoms with Crippen molar-refractivity contribution in [2.24, 2.45) is 0 Å². The molecule has 0 unspecified atom stereocenters. The summed E-state index contributed by atoms with van der Waals surface area (Å²) in [5, 5.41) is 9.72. The maximum Gasteiger partial charge on any atom is 0.378 e. The van der Waals surface area contributed by atoms with E-state index in [0.717, 1.165) is 6.42 Å². The van der Waals surface area contributed by atoms with E-state index >= 15 is 0 Å². The van der Waals surface area contributed by atoms with Crippen LogP contribution < -0.4 is 11.1 Å². The molecule has 0 saturated heterocycles. The molecule has 1 N–H and O–H groups in total. The number of benzene rings is 1. The zero-order chi connectivity index (χ0) is 16.4. The third-order valence-corrected chi connectivity index (χ3v) is 3.61. The quantitative estimate of drug-likeness (QED) is 0.801. The van der Waals surface area contributed by atoms with Crippen molar-refractivity contribution in [3.8, 4) is 5.75 Å². The molecule has 0 radical (unpaired) electrons. The van der Waals surface area contributed by atoms with E-state index in [1.807, 2.05) is 6.92 Å². The maximum absolute atomic E-state index is 12.4. The number of hydrogen-bond acceptors (Lipinski definition) is 5. The zero-order valence-corrected chi connectivity index (χ0v) is 12.7. The summed E-state index contributed by atoms with van der Waals surface area (Å²) in [5.74, 6) is 0.603. The predicted octanol–water partition coefficient (Wildman–Crippen LogP) is 3.00. The van der Waals surface area contributed by atoms with Gasteiger partial charge in [0.25, 0.3) is 0 Å². The lowest BCUT2D eigenvalue weighted by Gasteiger charge is -2.06. The molecule has 2 heterocycles. The van der Waals surface area contributed by atoms with Gasteiger partial charge in [-0.2, -0.15) is 0 Å². The summed E-state index contributed by atoms with van der Waals surface area (Å²) in [6.45, 7) is 2.02. The smallest absolute Gasteiger partial charge is 0.378 e. The first kappa shape index (κ1) is 15.1. The van der Waals surface area contributed by atoms with Crippen LogP contribution in [0.2, 0.25) is 0 Å². The Morgan fingerprint density at radius 2 is 1.87 bits per heavy atom. The van der Waals surface area contributed by atoms with Gasteiger partial charge in [-0.25, -0.2) is 4.79 Å². The van der Waals surface area contributed by atoms with E-state index < -0.39 is 11.4 Å². The molecule has 1 aromatic carbocycles. The molecule has 0 bridgehead atoms. The van der Waals surface area contributed by atoms with Gasteiger partial charge in [0.2, 0.25) is 5.75 Å². The fraction of sp³-hybridized carbons (Fsp3) is 0.222. The first-order valence-corrected chi connectivity index (χ1v) is 7.45. The molecule has 0 saturated carbocycles. The summed E-state index contributed by atoms with van der Waals surface area (Å²) in [5.41, 5.74) is 0.346. The van der Waals surface area contributed by atoms with E-state index in [9.17, 15) is 14.7 Å². The van der Waals surface area contributed by atoms with Crippen LogP contribution in [0.3, 0.4) is 0 Å². The highest BCUT2D eigenvalue weighted by Crippen LogP contribution is 2.20. The minimum Gasteiger partial charge on any atom is -0.502 e. The number of rotatable bonds is 4. The molecular formula is C18H16O5. The molecule has 5 heteroatoms. The molecule has 5 nitrogen and oxygen atoms in total. The second kappa shape index (κ2) is 6.12. The minimum atomic E-state index is -0.792. The van der Waals surface area contributed by atoms with Gasteiger partial charge in [-0.05, 0) is 30.2 Å². The van der Waals surface area contributed by atoms with Crippen LogP contribution in [0, 0.1) is 0 Å². The van der Waals surface area contributed by atoms with E-state index in [1.54, 1.807) is 18.2 Å². The number of hydrogen-bond donors (Lipinski definition) is 1. The fourth-order valence-electron chi connectivity index (χ4n) is 2.58. The molecule has 0 amide bonds. The van der Waals surface area contributed by atoms with E-state index in [0.29, 0.717) is 34.5 Å². The molecule has 3 rings (SSSR count). The van der Waals surface area contributed by atoms with Gasteiger partial charge in [0.1, 0.15) is 17.1 Å². The normalized spacial score (nSPS) is 11.0. The topological polar surface area (TPSA) is 80.6 Å². The van der Waals surface area contributed by atoms with Crippen molar-refractivity contribution < 1.29 is 13.9 Å². The number of aromatic hydroxyl groups is 1. The van der Waals surface area contributed by atoms with Crippen molar-refractivity contribution >= 4 is 11.0 Å². The summed E-state index contributed by atoms with van der Waals surface area (Å²) in [6, 6.07) is 9.67. The molecule has 0 aliphatic heterocycles. The first-order valence-electron chi connectivity index (χ1n) is 7.45. The fourth-order valence-corrected chi connectivity index (χ4v) is 2.58. The Kier molecular flexibility index (Phi) is 4.02. The summed E-state index contributed by atoms with van der Waals surface area (Å²) in [6.07, 6.45) is 1.87. The van der Waals surface area contributed by atoms with Crippen molar-refractivity contribution in [3.05, 3.63) is 74.1 Å². The molecule has 0 atom stereocenters.